The summed E-state index contributed by atoms with van der Waals surface area (Å²) in [6, 6.07) is 1.13. The summed E-state index contributed by atoms with van der Waals surface area (Å²) in [6.07, 6.45) is 2.10. The van der Waals surface area contributed by atoms with Crippen LogP contribution < -0.4 is 0 Å². The number of hydrogen-bond donors (Lipinski definition) is 1. The van der Waals surface area contributed by atoms with Gasteiger partial charge in [-0.1, -0.05) is 0 Å². The summed E-state index contributed by atoms with van der Waals surface area (Å²) in [6.45, 7) is 12.5. The molecule has 0 aromatic carbocycles. The SMILES string of the molecule is CCO[P+](O)=S(C)CCN(C(C)C)C(C)C. The molecule has 0 saturated heterocycles. The minimum absolute atomic E-state index is 0.0118. The molecule has 98 valence electrons. The van der Waals surface area contributed by atoms with Crippen molar-refractivity contribution in [1.82, 2.24) is 4.90 Å². The van der Waals surface area contributed by atoms with Gasteiger partial charge in [0.25, 0.3) is 0 Å². The average Bonchev–Trinajstić information content (AvgIpc) is 2.16. The zero-order chi connectivity index (χ0) is 12.7. The van der Waals surface area contributed by atoms with E-state index in [1.54, 1.807) is 0 Å². The van der Waals surface area contributed by atoms with E-state index < -0.39 is 7.15 Å². The minimum atomic E-state index is -1.21. The molecule has 0 radical (unpaired) electrons. The Morgan fingerprint density at radius 2 is 1.75 bits per heavy atom. The van der Waals surface area contributed by atoms with Crippen molar-refractivity contribution in [3.63, 3.8) is 0 Å². The molecule has 0 aromatic heterocycles. The van der Waals surface area contributed by atoms with Crippen LogP contribution in [0.15, 0.2) is 0 Å². The van der Waals surface area contributed by atoms with Crippen LogP contribution in [0.4, 0.5) is 0 Å². The van der Waals surface area contributed by atoms with Gasteiger partial charge in [0.1, 0.15) is 0 Å². The van der Waals surface area contributed by atoms with Crippen LogP contribution in [0.25, 0.3) is 0 Å². The van der Waals surface area contributed by atoms with Gasteiger partial charge in [-0.3, -0.25) is 4.90 Å². The molecule has 0 aliphatic heterocycles. The monoisotopic (exact) mass is 268 g/mol. The molecule has 0 aliphatic carbocycles. The number of hydrogen-bond acceptors (Lipinski definition) is 2. The Hall–Kier alpha value is 0.530. The third-order valence-corrected chi connectivity index (χ3v) is 6.73. The zero-order valence-electron chi connectivity index (χ0n) is 11.4. The summed E-state index contributed by atoms with van der Waals surface area (Å²) in [5.41, 5.74) is 0. The maximum absolute atomic E-state index is 9.74. The second-order valence-electron chi connectivity index (χ2n) is 4.39. The predicted octanol–water partition coefficient (Wildman–Crippen LogP) is 2.61. The van der Waals surface area contributed by atoms with Crippen molar-refractivity contribution in [3.8, 4) is 0 Å². The van der Waals surface area contributed by atoms with Crippen molar-refractivity contribution < 1.29 is 9.42 Å². The Balaban J connectivity index is 4.25. The van der Waals surface area contributed by atoms with Gasteiger partial charge in [0, 0.05) is 40.7 Å². The highest BCUT2D eigenvalue weighted by atomic mass is 32.5. The summed E-state index contributed by atoms with van der Waals surface area (Å²) in [5.74, 6) is 1.03. The second kappa shape index (κ2) is 8.60. The van der Waals surface area contributed by atoms with Gasteiger partial charge in [0.15, 0.2) is 0 Å². The van der Waals surface area contributed by atoms with Gasteiger partial charge in [-0.25, -0.2) is 0 Å². The van der Waals surface area contributed by atoms with Gasteiger partial charge in [-0.15, -0.1) is 4.52 Å². The first-order chi connectivity index (χ1) is 7.40. The molecule has 0 saturated carbocycles. The van der Waals surface area contributed by atoms with E-state index in [0.717, 1.165) is 12.3 Å². The molecule has 0 amide bonds. The smallest absolute Gasteiger partial charge is 0.298 e. The summed E-state index contributed by atoms with van der Waals surface area (Å²) in [4.78, 5) is 12.2. The van der Waals surface area contributed by atoms with Crippen LogP contribution in [0.1, 0.15) is 34.6 Å². The molecule has 0 bridgehead atoms. The van der Waals surface area contributed by atoms with Gasteiger partial charge in [-0.2, -0.15) is 4.89 Å². The number of nitrogens with zero attached hydrogens (tertiary/aromatic N) is 1. The Kier molecular flexibility index (Phi) is 8.88. The van der Waals surface area contributed by atoms with Crippen molar-refractivity contribution in [2.45, 2.75) is 46.7 Å². The minimum Gasteiger partial charge on any atom is -0.298 e. The lowest BCUT2D eigenvalue weighted by atomic mass is 10.2. The maximum atomic E-state index is 9.74. The molecule has 0 spiro atoms. The molecule has 16 heavy (non-hydrogen) atoms. The van der Waals surface area contributed by atoms with Crippen LogP contribution in [0.3, 0.4) is 0 Å². The van der Waals surface area contributed by atoms with Crippen LogP contribution in [0.2, 0.25) is 0 Å². The van der Waals surface area contributed by atoms with E-state index in [2.05, 4.69) is 38.9 Å². The van der Waals surface area contributed by atoms with Crippen molar-refractivity contribution in [1.29, 1.82) is 0 Å². The van der Waals surface area contributed by atoms with Gasteiger partial charge < -0.3 is 0 Å². The first kappa shape index (κ1) is 16.5. The van der Waals surface area contributed by atoms with Crippen molar-refractivity contribution in [3.05, 3.63) is 0 Å². The van der Waals surface area contributed by atoms with Crippen LogP contribution in [-0.4, -0.2) is 47.0 Å². The van der Waals surface area contributed by atoms with E-state index >= 15 is 0 Å². The summed E-state index contributed by atoms with van der Waals surface area (Å²) >= 11 is 0. The fraction of sp³-hybridized carbons (Fsp3) is 1.00. The molecule has 2 atom stereocenters. The van der Waals surface area contributed by atoms with Gasteiger partial charge in [0.2, 0.25) is 0 Å². The fourth-order valence-corrected chi connectivity index (χ4v) is 4.23. The molecule has 3 nitrogen and oxygen atoms in total. The number of rotatable bonds is 7. The first-order valence-electron chi connectivity index (χ1n) is 5.90. The third kappa shape index (κ3) is 6.31. The molecule has 0 heterocycles. The van der Waals surface area contributed by atoms with Crippen molar-refractivity contribution >= 4 is 17.2 Å². The standard InChI is InChI=1S/C11H27NO2PS/c1-7-14-15(13)16(6)9-8-12(10(2)3)11(4)5/h10-11,13H,7-9H2,1-6H3/q+1. The Morgan fingerprint density at radius 1 is 1.25 bits per heavy atom. The molecule has 1 N–H and O–H groups in total. The van der Waals surface area contributed by atoms with Crippen LogP contribution >= 0.6 is 7.15 Å². The molecular formula is C11H27NO2PS+. The molecule has 0 rings (SSSR count). The van der Waals surface area contributed by atoms with E-state index in [9.17, 15) is 4.89 Å². The highest BCUT2D eigenvalue weighted by Crippen LogP contribution is 2.23. The molecule has 2 unspecified atom stereocenters. The molecular weight excluding hydrogens is 241 g/mol. The first-order valence-corrected chi connectivity index (χ1v) is 9.52. The van der Waals surface area contributed by atoms with Crippen molar-refractivity contribution in [2.75, 3.05) is 25.2 Å². The second-order valence-corrected chi connectivity index (χ2v) is 9.54. The molecule has 0 aromatic rings. The van der Waals surface area contributed by atoms with E-state index in [0.29, 0.717) is 18.7 Å². The lowest BCUT2D eigenvalue weighted by Gasteiger charge is -2.29. The largest absolute Gasteiger partial charge is 0.460 e. The quantitative estimate of drug-likeness (QED) is 0.720. The Bertz CT molecular complexity index is 224. The van der Waals surface area contributed by atoms with Gasteiger partial charge in [-0.05, 0) is 34.6 Å². The molecule has 5 heteroatoms. The van der Waals surface area contributed by atoms with E-state index in [1.165, 1.54) is 0 Å². The van der Waals surface area contributed by atoms with Crippen molar-refractivity contribution in [2.24, 2.45) is 0 Å². The van der Waals surface area contributed by atoms with Crippen LogP contribution in [-0.2, 0) is 14.6 Å². The van der Waals surface area contributed by atoms with Crippen LogP contribution in [0, 0.1) is 0 Å². The highest BCUT2D eigenvalue weighted by molar-refractivity contribution is 8.23. The third-order valence-electron chi connectivity index (χ3n) is 2.48. The lowest BCUT2D eigenvalue weighted by Crippen LogP contribution is -2.39. The predicted molar refractivity (Wildman–Crippen MR) is 75.9 cm³/mol. The van der Waals surface area contributed by atoms with Gasteiger partial charge in [0.05, 0.1) is 6.61 Å². The van der Waals surface area contributed by atoms with Gasteiger partial charge >= 0.3 is 7.15 Å². The lowest BCUT2D eigenvalue weighted by molar-refractivity contribution is 0.187. The summed E-state index contributed by atoms with van der Waals surface area (Å²) in [5, 5.41) is 0. The fourth-order valence-electron chi connectivity index (χ4n) is 1.63. The average molecular weight is 268 g/mol. The normalized spacial score (nSPS) is 15.0. The zero-order valence-corrected chi connectivity index (χ0v) is 13.1. The Labute approximate surface area is 104 Å². The maximum Gasteiger partial charge on any atom is 0.460 e. The Morgan fingerprint density at radius 3 is 2.12 bits per heavy atom. The summed E-state index contributed by atoms with van der Waals surface area (Å²) < 4.78 is 5.27. The van der Waals surface area contributed by atoms with E-state index in [1.807, 2.05) is 6.92 Å². The highest BCUT2D eigenvalue weighted by Gasteiger charge is 2.17. The molecule has 0 aliphatic rings. The molecule has 0 fully saturated rings. The van der Waals surface area contributed by atoms with E-state index in [-0.39, 0.29) is 10.1 Å². The van der Waals surface area contributed by atoms with Crippen LogP contribution in [0.5, 0.6) is 0 Å². The topological polar surface area (TPSA) is 32.7 Å². The van der Waals surface area contributed by atoms with E-state index in [4.69, 9.17) is 4.52 Å². The summed E-state index contributed by atoms with van der Waals surface area (Å²) in [7, 11) is -1.22.